The SMILES string of the molecule is C[C@H](N)C(=O)N1CCC[C@H]1C(=O)NOC(=O)c1ccc([N+](=O)[O-])cc1. The van der Waals surface area contributed by atoms with E-state index in [0.29, 0.717) is 19.4 Å². The number of nitrogens with two attached hydrogens (primary N) is 1. The van der Waals surface area contributed by atoms with Crippen LogP contribution in [0.1, 0.15) is 30.1 Å². The van der Waals surface area contributed by atoms with Crippen molar-refractivity contribution < 1.29 is 24.1 Å². The molecule has 2 amide bonds. The van der Waals surface area contributed by atoms with Gasteiger partial charge in [0.25, 0.3) is 11.6 Å². The number of rotatable bonds is 4. The second-order valence-corrected chi connectivity index (χ2v) is 5.64. The fourth-order valence-corrected chi connectivity index (χ4v) is 2.51. The van der Waals surface area contributed by atoms with Gasteiger partial charge in [0.15, 0.2) is 0 Å². The van der Waals surface area contributed by atoms with E-state index in [-0.39, 0.29) is 17.2 Å². The molecular weight excluding hydrogens is 332 g/mol. The lowest BCUT2D eigenvalue weighted by Crippen LogP contribution is -2.50. The topological polar surface area (TPSA) is 145 Å². The molecular formula is C15H18N4O6. The van der Waals surface area contributed by atoms with Gasteiger partial charge in [-0.25, -0.2) is 4.79 Å². The number of nitrogens with one attached hydrogen (secondary N) is 1. The lowest BCUT2D eigenvalue weighted by atomic mass is 10.2. The van der Waals surface area contributed by atoms with Gasteiger partial charge in [-0.3, -0.25) is 19.7 Å². The third kappa shape index (κ3) is 4.29. The molecule has 1 fully saturated rings. The van der Waals surface area contributed by atoms with Crippen LogP contribution in [-0.4, -0.2) is 46.2 Å². The van der Waals surface area contributed by atoms with Gasteiger partial charge in [0.05, 0.1) is 16.5 Å². The van der Waals surface area contributed by atoms with Gasteiger partial charge >= 0.3 is 5.97 Å². The number of non-ortho nitro benzene ring substituents is 1. The van der Waals surface area contributed by atoms with Crippen LogP contribution in [-0.2, 0) is 14.4 Å². The van der Waals surface area contributed by atoms with Crippen LogP contribution >= 0.6 is 0 Å². The van der Waals surface area contributed by atoms with Crippen molar-refractivity contribution in [3.05, 3.63) is 39.9 Å². The van der Waals surface area contributed by atoms with E-state index in [9.17, 15) is 24.5 Å². The van der Waals surface area contributed by atoms with Gasteiger partial charge < -0.3 is 15.5 Å². The summed E-state index contributed by atoms with van der Waals surface area (Å²) in [5, 5.41) is 10.6. The van der Waals surface area contributed by atoms with E-state index in [0.717, 1.165) is 12.1 Å². The summed E-state index contributed by atoms with van der Waals surface area (Å²) in [5.41, 5.74) is 7.45. The fourth-order valence-electron chi connectivity index (χ4n) is 2.51. The smallest absolute Gasteiger partial charge is 0.335 e. The molecule has 0 aliphatic carbocycles. The molecule has 10 heteroatoms. The van der Waals surface area contributed by atoms with E-state index in [1.165, 1.54) is 24.0 Å². The molecule has 1 aromatic carbocycles. The highest BCUT2D eigenvalue weighted by molar-refractivity contribution is 5.93. The predicted octanol–water partition coefficient (Wildman–Crippen LogP) is 0.121. The molecule has 10 nitrogen and oxygen atoms in total. The van der Waals surface area contributed by atoms with Gasteiger partial charge in [0.1, 0.15) is 6.04 Å². The van der Waals surface area contributed by atoms with Crippen LogP contribution in [0.5, 0.6) is 0 Å². The molecule has 1 saturated heterocycles. The molecule has 1 heterocycles. The number of amides is 2. The lowest BCUT2D eigenvalue weighted by Gasteiger charge is -2.25. The average Bonchev–Trinajstić information content (AvgIpc) is 3.08. The molecule has 0 spiro atoms. The van der Waals surface area contributed by atoms with Gasteiger partial charge in [-0.15, -0.1) is 0 Å². The summed E-state index contributed by atoms with van der Waals surface area (Å²) >= 11 is 0. The maximum Gasteiger partial charge on any atom is 0.362 e. The summed E-state index contributed by atoms with van der Waals surface area (Å²) in [6, 6.07) is 3.26. The average molecular weight is 350 g/mol. The van der Waals surface area contributed by atoms with Crippen LogP contribution in [0.25, 0.3) is 0 Å². The molecule has 1 aromatic rings. The summed E-state index contributed by atoms with van der Waals surface area (Å²) in [4.78, 5) is 52.0. The monoisotopic (exact) mass is 350 g/mol. The summed E-state index contributed by atoms with van der Waals surface area (Å²) in [6.45, 7) is 1.94. The van der Waals surface area contributed by atoms with E-state index in [2.05, 4.69) is 0 Å². The summed E-state index contributed by atoms with van der Waals surface area (Å²) in [6.07, 6.45) is 1.09. The Kier molecular flexibility index (Phi) is 5.65. The minimum absolute atomic E-state index is 0.0424. The van der Waals surface area contributed by atoms with E-state index in [1.807, 2.05) is 5.48 Å². The number of nitro groups is 1. The molecule has 1 aliphatic heterocycles. The van der Waals surface area contributed by atoms with Crippen molar-refractivity contribution in [3.8, 4) is 0 Å². The largest absolute Gasteiger partial charge is 0.362 e. The molecule has 2 atom stereocenters. The maximum atomic E-state index is 12.1. The van der Waals surface area contributed by atoms with Crippen molar-refractivity contribution in [2.75, 3.05) is 6.54 Å². The second-order valence-electron chi connectivity index (χ2n) is 5.64. The molecule has 0 radical (unpaired) electrons. The fraction of sp³-hybridized carbons (Fsp3) is 0.400. The number of carbonyl (C=O) groups excluding carboxylic acids is 3. The van der Waals surface area contributed by atoms with Gasteiger partial charge in [-0.05, 0) is 31.9 Å². The van der Waals surface area contributed by atoms with Crippen LogP contribution in [0.15, 0.2) is 24.3 Å². The van der Waals surface area contributed by atoms with Crippen molar-refractivity contribution in [1.82, 2.24) is 10.4 Å². The lowest BCUT2D eigenvalue weighted by molar-refractivity contribution is -0.384. The minimum atomic E-state index is -0.869. The van der Waals surface area contributed by atoms with Crippen molar-refractivity contribution in [2.24, 2.45) is 5.73 Å². The number of nitro benzene ring substituents is 1. The number of benzene rings is 1. The highest BCUT2D eigenvalue weighted by Gasteiger charge is 2.35. The zero-order valence-corrected chi connectivity index (χ0v) is 13.5. The van der Waals surface area contributed by atoms with Crippen LogP contribution < -0.4 is 11.2 Å². The first-order chi connectivity index (χ1) is 11.8. The van der Waals surface area contributed by atoms with Crippen molar-refractivity contribution >= 4 is 23.5 Å². The number of likely N-dealkylation sites (tertiary alicyclic amines) is 1. The quantitative estimate of drug-likeness (QED) is 0.579. The maximum absolute atomic E-state index is 12.1. The van der Waals surface area contributed by atoms with Gasteiger partial charge in [0, 0.05) is 18.7 Å². The highest BCUT2D eigenvalue weighted by Crippen LogP contribution is 2.18. The van der Waals surface area contributed by atoms with Crippen LogP contribution in [0, 0.1) is 10.1 Å². The summed E-state index contributed by atoms with van der Waals surface area (Å²) in [5.74, 6) is -1.84. The van der Waals surface area contributed by atoms with Crippen molar-refractivity contribution in [1.29, 1.82) is 0 Å². The molecule has 3 N–H and O–H groups in total. The number of nitrogens with zero attached hydrogens (tertiary/aromatic N) is 2. The zero-order chi connectivity index (χ0) is 18.6. The Labute approximate surface area is 143 Å². The summed E-state index contributed by atoms with van der Waals surface area (Å²) in [7, 11) is 0. The molecule has 0 saturated carbocycles. The van der Waals surface area contributed by atoms with Crippen LogP contribution in [0.2, 0.25) is 0 Å². The number of hydrogen-bond acceptors (Lipinski definition) is 7. The Morgan fingerprint density at radius 2 is 2.00 bits per heavy atom. The van der Waals surface area contributed by atoms with Gasteiger partial charge in [0.2, 0.25) is 5.91 Å². The molecule has 2 rings (SSSR count). The molecule has 1 aliphatic rings. The molecule has 25 heavy (non-hydrogen) atoms. The van der Waals surface area contributed by atoms with Crippen molar-refractivity contribution in [2.45, 2.75) is 31.8 Å². The normalized spacial score (nSPS) is 17.7. The molecule has 134 valence electrons. The molecule has 0 unspecified atom stereocenters. The third-order valence-corrected chi connectivity index (χ3v) is 3.79. The molecule has 0 bridgehead atoms. The second kappa shape index (κ2) is 7.71. The first-order valence-electron chi connectivity index (χ1n) is 7.63. The van der Waals surface area contributed by atoms with E-state index in [4.69, 9.17) is 10.6 Å². The summed E-state index contributed by atoms with van der Waals surface area (Å²) < 4.78 is 0. The van der Waals surface area contributed by atoms with E-state index < -0.39 is 28.9 Å². The standard InChI is InChI=1S/C15H18N4O6/c1-9(16)14(21)18-8-2-3-12(18)13(20)17-25-15(22)10-4-6-11(7-5-10)19(23)24/h4-7,9,12H,2-3,8,16H2,1H3,(H,17,20)/t9-,12-/m0/s1. The highest BCUT2D eigenvalue weighted by atomic mass is 16.7. The van der Waals surface area contributed by atoms with Gasteiger partial charge in [-0.1, -0.05) is 0 Å². The number of hydrogen-bond donors (Lipinski definition) is 2. The third-order valence-electron chi connectivity index (χ3n) is 3.79. The Hall–Kier alpha value is -3.01. The Bertz CT molecular complexity index is 688. The zero-order valence-electron chi connectivity index (χ0n) is 13.5. The van der Waals surface area contributed by atoms with Crippen LogP contribution in [0.4, 0.5) is 5.69 Å². The minimum Gasteiger partial charge on any atom is -0.335 e. The first kappa shape index (κ1) is 18.3. The van der Waals surface area contributed by atoms with E-state index >= 15 is 0 Å². The van der Waals surface area contributed by atoms with E-state index in [1.54, 1.807) is 0 Å². The Morgan fingerprint density at radius 1 is 1.36 bits per heavy atom. The van der Waals surface area contributed by atoms with Gasteiger partial charge in [-0.2, -0.15) is 5.48 Å². The Morgan fingerprint density at radius 3 is 2.56 bits per heavy atom. The predicted molar refractivity (Wildman–Crippen MR) is 85.0 cm³/mol. The number of carbonyl (C=O) groups is 3. The van der Waals surface area contributed by atoms with Crippen molar-refractivity contribution in [3.63, 3.8) is 0 Å². The van der Waals surface area contributed by atoms with Crippen LogP contribution in [0.3, 0.4) is 0 Å². The number of hydroxylamine groups is 1. The molecule has 0 aromatic heterocycles. The first-order valence-corrected chi connectivity index (χ1v) is 7.63. The Balaban J connectivity index is 1.93.